The molecule has 0 radical (unpaired) electrons. The minimum absolute atomic E-state index is 0.0742. The Labute approximate surface area is 409 Å². The van der Waals surface area contributed by atoms with Gasteiger partial charge in [0.25, 0.3) is 0 Å². The third-order valence-electron chi connectivity index (χ3n) is 12.2. The molecule has 380 valence electrons. The molecule has 1 N–H and O–H groups in total. The van der Waals surface area contributed by atoms with Crippen molar-refractivity contribution in [3.63, 3.8) is 0 Å². The molecule has 5 nitrogen and oxygen atoms in total. The Balaban J connectivity index is 3.52. The first-order valence-corrected chi connectivity index (χ1v) is 28.1. The predicted octanol–water partition coefficient (Wildman–Crippen LogP) is 19.0. The number of aliphatic hydroxyl groups is 1. The Bertz CT molecular complexity index is 1220. The summed E-state index contributed by atoms with van der Waals surface area (Å²) in [5.41, 5.74) is 0. The van der Waals surface area contributed by atoms with Crippen molar-refractivity contribution in [3.05, 3.63) is 85.1 Å². The van der Waals surface area contributed by atoms with Crippen LogP contribution in [0.4, 0.5) is 0 Å². The summed E-state index contributed by atoms with van der Waals surface area (Å²) in [4.78, 5) is 24.5. The minimum atomic E-state index is -0.785. The van der Waals surface area contributed by atoms with Crippen molar-refractivity contribution in [2.45, 2.75) is 277 Å². The number of carbonyl (C=O) groups is 2. The molecule has 0 fully saturated rings. The summed E-state index contributed by atoms with van der Waals surface area (Å²) in [7, 11) is 0. The highest BCUT2D eigenvalue weighted by atomic mass is 16.6. The number of allylic oxidation sites excluding steroid dienone is 14. The predicted molar refractivity (Wildman–Crippen MR) is 288 cm³/mol. The van der Waals surface area contributed by atoms with E-state index < -0.39 is 6.10 Å². The van der Waals surface area contributed by atoms with Crippen LogP contribution in [0, 0.1) is 0 Å². The van der Waals surface area contributed by atoms with Crippen molar-refractivity contribution in [2.75, 3.05) is 13.2 Å². The Morgan fingerprint density at radius 3 is 1.00 bits per heavy atom. The van der Waals surface area contributed by atoms with Crippen molar-refractivity contribution < 1.29 is 24.2 Å². The molecule has 0 aromatic carbocycles. The van der Waals surface area contributed by atoms with E-state index >= 15 is 0 Å². The summed E-state index contributed by atoms with van der Waals surface area (Å²) in [6.45, 7) is 4.03. The quantitative estimate of drug-likeness (QED) is 0.0374. The first-order chi connectivity index (χ1) is 32.6. The SMILES string of the molecule is CC/C=C\C/C=C\C/C=C\C/C=C\C/C=C\C/C=C\CCCCCCCCC(=O)OC(CO)COC(=O)CCCCCCCCCCCCCCCCC/C=C\CCCCCCCCCC. The van der Waals surface area contributed by atoms with Crippen LogP contribution in [0.1, 0.15) is 271 Å². The fourth-order valence-electron chi connectivity index (χ4n) is 7.97. The first-order valence-electron chi connectivity index (χ1n) is 28.1. The number of ether oxygens (including phenoxy) is 2. The van der Waals surface area contributed by atoms with Crippen LogP contribution in [0.2, 0.25) is 0 Å². The van der Waals surface area contributed by atoms with E-state index in [-0.39, 0.29) is 25.2 Å². The second-order valence-electron chi connectivity index (χ2n) is 18.6. The van der Waals surface area contributed by atoms with Crippen molar-refractivity contribution in [1.82, 2.24) is 0 Å². The number of aliphatic hydroxyl groups excluding tert-OH is 1. The lowest BCUT2D eigenvalue weighted by Gasteiger charge is -2.15. The normalized spacial score (nSPS) is 12.8. The number of esters is 2. The summed E-state index contributed by atoms with van der Waals surface area (Å²) in [5, 5.41) is 9.65. The largest absolute Gasteiger partial charge is 0.462 e. The van der Waals surface area contributed by atoms with Gasteiger partial charge in [-0.25, -0.2) is 0 Å². The summed E-state index contributed by atoms with van der Waals surface area (Å²) in [5.74, 6) is -0.603. The van der Waals surface area contributed by atoms with Crippen molar-refractivity contribution in [2.24, 2.45) is 0 Å². The number of hydrogen-bond donors (Lipinski definition) is 1. The van der Waals surface area contributed by atoms with E-state index in [1.54, 1.807) is 0 Å². The number of rotatable bonds is 51. The lowest BCUT2D eigenvalue weighted by Crippen LogP contribution is -2.28. The number of hydrogen-bond acceptors (Lipinski definition) is 5. The van der Waals surface area contributed by atoms with E-state index in [9.17, 15) is 14.7 Å². The second-order valence-corrected chi connectivity index (χ2v) is 18.6. The van der Waals surface area contributed by atoms with Gasteiger partial charge in [0.05, 0.1) is 6.61 Å². The average Bonchev–Trinajstić information content (AvgIpc) is 3.32. The molecule has 0 saturated carbocycles. The monoisotopic (exact) mass is 919 g/mol. The summed E-state index contributed by atoms with van der Waals surface area (Å²) in [6.07, 6.45) is 78.4. The molecule has 1 atom stereocenters. The fourth-order valence-corrected chi connectivity index (χ4v) is 7.97. The highest BCUT2D eigenvalue weighted by Gasteiger charge is 2.16. The Morgan fingerprint density at radius 1 is 0.364 bits per heavy atom. The molecule has 0 aromatic rings. The lowest BCUT2D eigenvalue weighted by molar-refractivity contribution is -0.161. The van der Waals surface area contributed by atoms with Crippen molar-refractivity contribution in [1.29, 1.82) is 0 Å². The van der Waals surface area contributed by atoms with E-state index in [1.165, 1.54) is 161 Å². The van der Waals surface area contributed by atoms with Gasteiger partial charge in [-0.2, -0.15) is 0 Å². The molecule has 0 saturated heterocycles. The number of unbranched alkanes of at least 4 members (excludes halogenated alkanes) is 29. The molecule has 0 rings (SSSR count). The molecule has 0 bridgehead atoms. The van der Waals surface area contributed by atoms with E-state index in [1.807, 2.05) is 0 Å². The van der Waals surface area contributed by atoms with Gasteiger partial charge < -0.3 is 14.6 Å². The Hall–Kier alpha value is -2.92. The molecule has 0 heterocycles. The van der Waals surface area contributed by atoms with E-state index in [0.717, 1.165) is 83.5 Å². The van der Waals surface area contributed by atoms with Crippen LogP contribution < -0.4 is 0 Å². The van der Waals surface area contributed by atoms with Gasteiger partial charge in [0, 0.05) is 12.8 Å². The molecule has 5 heteroatoms. The number of carbonyl (C=O) groups excluding carboxylic acids is 2. The van der Waals surface area contributed by atoms with Crippen molar-refractivity contribution >= 4 is 11.9 Å². The topological polar surface area (TPSA) is 72.8 Å². The van der Waals surface area contributed by atoms with Gasteiger partial charge in [0.2, 0.25) is 0 Å². The summed E-state index contributed by atoms with van der Waals surface area (Å²) < 4.78 is 10.7. The summed E-state index contributed by atoms with van der Waals surface area (Å²) in [6, 6.07) is 0. The van der Waals surface area contributed by atoms with Gasteiger partial charge >= 0.3 is 11.9 Å². The van der Waals surface area contributed by atoms with E-state index in [2.05, 4.69) is 98.9 Å². The van der Waals surface area contributed by atoms with Crippen LogP contribution in [0.3, 0.4) is 0 Å². The molecular formula is C61H106O5. The average molecular weight is 920 g/mol. The Morgan fingerprint density at radius 2 is 0.652 bits per heavy atom. The molecule has 0 spiro atoms. The van der Waals surface area contributed by atoms with Crippen LogP contribution in [-0.4, -0.2) is 36.4 Å². The van der Waals surface area contributed by atoms with Crippen LogP contribution in [0.5, 0.6) is 0 Å². The zero-order chi connectivity index (χ0) is 47.7. The molecule has 1 unspecified atom stereocenters. The highest BCUT2D eigenvalue weighted by molar-refractivity contribution is 5.70. The summed E-state index contributed by atoms with van der Waals surface area (Å²) >= 11 is 0. The van der Waals surface area contributed by atoms with Gasteiger partial charge in [-0.05, 0) is 89.9 Å². The highest BCUT2D eigenvalue weighted by Crippen LogP contribution is 2.16. The zero-order valence-corrected chi connectivity index (χ0v) is 43.4. The third kappa shape index (κ3) is 53.7. The minimum Gasteiger partial charge on any atom is -0.462 e. The zero-order valence-electron chi connectivity index (χ0n) is 43.4. The maximum absolute atomic E-state index is 12.3. The fraction of sp³-hybridized carbons (Fsp3) is 0.738. The molecule has 0 aliphatic heterocycles. The van der Waals surface area contributed by atoms with Crippen LogP contribution in [-0.2, 0) is 19.1 Å². The third-order valence-corrected chi connectivity index (χ3v) is 12.2. The standard InChI is InChI=1S/C61H106O5/c1-3-5-7-9-11-13-15-17-19-21-23-25-27-29-30-32-33-35-37-39-41-43-45-47-49-51-53-55-60(63)65-58-59(57-62)66-61(64)56-54-52-50-48-46-44-42-40-38-36-34-31-28-26-24-22-20-18-16-14-12-10-8-6-4-2/h6,8,12,14,18,20-21,23-24,26,31,34,38,40,59,62H,3-5,7,9-11,13,15-17,19,22,25,27-30,32-33,35-37,39,41-58H2,1-2H3/b8-6-,14-12-,20-18-,23-21-,26-24-,34-31-,40-38-. The molecule has 0 aliphatic rings. The lowest BCUT2D eigenvalue weighted by atomic mass is 10.0. The maximum atomic E-state index is 12.3. The van der Waals surface area contributed by atoms with Crippen LogP contribution >= 0.6 is 0 Å². The first kappa shape index (κ1) is 63.1. The second kappa shape index (κ2) is 56.4. The molecule has 66 heavy (non-hydrogen) atoms. The molecule has 0 aromatic heterocycles. The van der Waals surface area contributed by atoms with E-state index in [0.29, 0.717) is 12.8 Å². The Kier molecular flexibility index (Phi) is 53.9. The molecule has 0 amide bonds. The molecule has 0 aliphatic carbocycles. The van der Waals surface area contributed by atoms with Crippen LogP contribution in [0.15, 0.2) is 85.1 Å². The molecular weight excluding hydrogens is 813 g/mol. The van der Waals surface area contributed by atoms with Gasteiger partial charge in [-0.1, -0.05) is 253 Å². The van der Waals surface area contributed by atoms with Crippen LogP contribution in [0.25, 0.3) is 0 Å². The van der Waals surface area contributed by atoms with Gasteiger partial charge in [-0.3, -0.25) is 9.59 Å². The smallest absolute Gasteiger partial charge is 0.306 e. The van der Waals surface area contributed by atoms with Gasteiger partial charge in [0.15, 0.2) is 6.10 Å². The van der Waals surface area contributed by atoms with Crippen molar-refractivity contribution in [3.8, 4) is 0 Å². The van der Waals surface area contributed by atoms with E-state index in [4.69, 9.17) is 9.47 Å². The van der Waals surface area contributed by atoms with Gasteiger partial charge in [-0.15, -0.1) is 0 Å². The van der Waals surface area contributed by atoms with Gasteiger partial charge in [0.1, 0.15) is 6.61 Å². The maximum Gasteiger partial charge on any atom is 0.306 e.